The van der Waals surface area contributed by atoms with Crippen LogP contribution in [0.3, 0.4) is 0 Å². The van der Waals surface area contributed by atoms with Crippen LogP contribution in [0.25, 0.3) is 0 Å². The minimum absolute atomic E-state index is 0.681. The van der Waals surface area contributed by atoms with Crippen LogP contribution in [0.15, 0.2) is 18.5 Å². The molecule has 80 valence electrons. The normalized spacial score (nSPS) is 10.8. The van der Waals surface area contributed by atoms with Gasteiger partial charge in [0.25, 0.3) is 0 Å². The third-order valence-corrected chi connectivity index (χ3v) is 2.40. The summed E-state index contributed by atoms with van der Waals surface area (Å²) in [5.41, 5.74) is 8.04. The third kappa shape index (κ3) is 1.86. The molecule has 0 aliphatic rings. The molecule has 2 N–H and O–H groups in total. The fourth-order valence-corrected chi connectivity index (χ4v) is 1.65. The standard InChI is InChI=1S/C10H15N5/c1-3-9-8(6-14(2)13-9)7-15-10(11)4-5-12-15/h4-6H,3,7,11H2,1-2H3. The van der Waals surface area contributed by atoms with Crippen molar-refractivity contribution in [1.29, 1.82) is 0 Å². The second-order valence-corrected chi connectivity index (χ2v) is 3.54. The van der Waals surface area contributed by atoms with Crippen molar-refractivity contribution in [3.63, 3.8) is 0 Å². The van der Waals surface area contributed by atoms with Crippen LogP contribution in [0.1, 0.15) is 18.2 Å². The summed E-state index contributed by atoms with van der Waals surface area (Å²) in [6.45, 7) is 2.79. The van der Waals surface area contributed by atoms with Crippen LogP contribution in [-0.2, 0) is 20.0 Å². The topological polar surface area (TPSA) is 61.7 Å². The maximum Gasteiger partial charge on any atom is 0.122 e. The molecule has 2 heterocycles. The van der Waals surface area contributed by atoms with Crippen LogP contribution in [0.4, 0.5) is 5.82 Å². The molecule has 0 fully saturated rings. The van der Waals surface area contributed by atoms with E-state index in [4.69, 9.17) is 5.73 Å². The molecule has 2 rings (SSSR count). The number of aromatic nitrogens is 4. The largest absolute Gasteiger partial charge is 0.384 e. The molecule has 0 saturated carbocycles. The van der Waals surface area contributed by atoms with Gasteiger partial charge in [-0.2, -0.15) is 10.2 Å². The predicted octanol–water partition coefficient (Wildman–Crippen LogP) is 0.809. The van der Waals surface area contributed by atoms with Crippen LogP contribution >= 0.6 is 0 Å². The Morgan fingerprint density at radius 3 is 2.87 bits per heavy atom. The molecule has 2 aromatic heterocycles. The minimum atomic E-state index is 0.681. The highest BCUT2D eigenvalue weighted by Gasteiger charge is 2.07. The fourth-order valence-electron chi connectivity index (χ4n) is 1.65. The van der Waals surface area contributed by atoms with E-state index in [9.17, 15) is 0 Å². The Morgan fingerprint density at radius 2 is 2.27 bits per heavy atom. The van der Waals surface area contributed by atoms with Crippen molar-refractivity contribution in [2.24, 2.45) is 7.05 Å². The number of rotatable bonds is 3. The van der Waals surface area contributed by atoms with Crippen molar-refractivity contribution < 1.29 is 0 Å². The van der Waals surface area contributed by atoms with Crippen molar-refractivity contribution >= 4 is 5.82 Å². The number of aryl methyl sites for hydroxylation is 2. The van der Waals surface area contributed by atoms with Crippen molar-refractivity contribution in [2.75, 3.05) is 5.73 Å². The molecular weight excluding hydrogens is 190 g/mol. The first-order valence-electron chi connectivity index (χ1n) is 4.99. The van der Waals surface area contributed by atoms with Gasteiger partial charge in [0.2, 0.25) is 0 Å². The minimum Gasteiger partial charge on any atom is -0.384 e. The number of nitrogens with two attached hydrogens (primary N) is 1. The highest BCUT2D eigenvalue weighted by molar-refractivity contribution is 5.28. The first kappa shape index (κ1) is 9.76. The lowest BCUT2D eigenvalue weighted by Gasteiger charge is -2.02. The Balaban J connectivity index is 2.27. The van der Waals surface area contributed by atoms with Crippen LogP contribution in [0.5, 0.6) is 0 Å². The number of nitrogen functional groups attached to an aromatic ring is 1. The first-order valence-corrected chi connectivity index (χ1v) is 4.99. The fraction of sp³-hybridized carbons (Fsp3) is 0.400. The molecule has 0 aliphatic carbocycles. The summed E-state index contributed by atoms with van der Waals surface area (Å²) in [7, 11) is 1.93. The first-order chi connectivity index (χ1) is 7.20. The van der Waals surface area contributed by atoms with E-state index in [0.717, 1.165) is 12.1 Å². The molecule has 2 aromatic rings. The predicted molar refractivity (Wildman–Crippen MR) is 58.3 cm³/mol. The van der Waals surface area contributed by atoms with E-state index in [0.29, 0.717) is 12.4 Å². The Bertz CT molecular complexity index is 454. The number of hydrogen-bond donors (Lipinski definition) is 1. The SMILES string of the molecule is CCc1nn(C)cc1Cn1nccc1N. The van der Waals surface area contributed by atoms with Crippen LogP contribution in [0.2, 0.25) is 0 Å². The van der Waals surface area contributed by atoms with Crippen molar-refractivity contribution in [2.45, 2.75) is 19.9 Å². The average Bonchev–Trinajstić information content (AvgIpc) is 2.75. The quantitative estimate of drug-likeness (QED) is 0.806. The smallest absolute Gasteiger partial charge is 0.122 e. The molecular formula is C10H15N5. The van der Waals surface area contributed by atoms with Crippen LogP contribution in [-0.4, -0.2) is 19.6 Å². The van der Waals surface area contributed by atoms with Gasteiger partial charge in [0.1, 0.15) is 5.82 Å². The molecule has 0 amide bonds. The Hall–Kier alpha value is -1.78. The van der Waals surface area contributed by atoms with Gasteiger partial charge in [-0.3, -0.25) is 4.68 Å². The highest BCUT2D eigenvalue weighted by atomic mass is 15.3. The molecule has 0 aliphatic heterocycles. The van der Waals surface area contributed by atoms with Gasteiger partial charge in [-0.15, -0.1) is 0 Å². The maximum absolute atomic E-state index is 5.76. The monoisotopic (exact) mass is 205 g/mol. The van der Waals surface area contributed by atoms with Gasteiger partial charge >= 0.3 is 0 Å². The lowest BCUT2D eigenvalue weighted by atomic mass is 10.2. The van der Waals surface area contributed by atoms with Gasteiger partial charge in [0.05, 0.1) is 18.4 Å². The lowest BCUT2D eigenvalue weighted by molar-refractivity contribution is 0.691. The molecule has 0 spiro atoms. The van der Waals surface area contributed by atoms with E-state index in [2.05, 4.69) is 17.1 Å². The molecule has 0 bridgehead atoms. The van der Waals surface area contributed by atoms with E-state index in [1.165, 1.54) is 5.56 Å². The van der Waals surface area contributed by atoms with Crippen molar-refractivity contribution in [3.05, 3.63) is 29.7 Å². The summed E-state index contributed by atoms with van der Waals surface area (Å²) in [5.74, 6) is 0.681. The van der Waals surface area contributed by atoms with E-state index in [-0.39, 0.29) is 0 Å². The zero-order valence-electron chi connectivity index (χ0n) is 9.01. The number of nitrogens with zero attached hydrogens (tertiary/aromatic N) is 4. The summed E-state index contributed by atoms with van der Waals surface area (Å²) in [6.07, 6.45) is 4.65. The zero-order valence-corrected chi connectivity index (χ0v) is 9.01. The summed E-state index contributed by atoms with van der Waals surface area (Å²) in [4.78, 5) is 0. The highest BCUT2D eigenvalue weighted by Crippen LogP contribution is 2.11. The van der Waals surface area contributed by atoms with E-state index in [1.54, 1.807) is 16.9 Å². The lowest BCUT2D eigenvalue weighted by Crippen LogP contribution is -2.06. The molecule has 0 atom stereocenters. The molecule has 15 heavy (non-hydrogen) atoms. The summed E-state index contributed by atoms with van der Waals surface area (Å²) in [5, 5.41) is 8.52. The van der Waals surface area contributed by atoms with Gasteiger partial charge < -0.3 is 5.73 Å². The Morgan fingerprint density at radius 1 is 1.47 bits per heavy atom. The molecule has 0 unspecified atom stereocenters. The second kappa shape index (κ2) is 3.76. The molecule has 0 saturated heterocycles. The molecule has 0 aromatic carbocycles. The van der Waals surface area contributed by atoms with E-state index in [1.807, 2.05) is 17.9 Å². The van der Waals surface area contributed by atoms with Crippen molar-refractivity contribution in [3.8, 4) is 0 Å². The van der Waals surface area contributed by atoms with Gasteiger partial charge in [-0.05, 0) is 12.5 Å². The van der Waals surface area contributed by atoms with Gasteiger partial charge in [0.15, 0.2) is 0 Å². The summed E-state index contributed by atoms with van der Waals surface area (Å²) < 4.78 is 3.60. The van der Waals surface area contributed by atoms with Gasteiger partial charge in [-0.1, -0.05) is 6.92 Å². The maximum atomic E-state index is 5.76. The summed E-state index contributed by atoms with van der Waals surface area (Å²) >= 11 is 0. The van der Waals surface area contributed by atoms with Gasteiger partial charge in [0, 0.05) is 18.8 Å². The Labute approximate surface area is 88.5 Å². The average molecular weight is 205 g/mol. The van der Waals surface area contributed by atoms with E-state index >= 15 is 0 Å². The number of anilines is 1. The second-order valence-electron chi connectivity index (χ2n) is 3.54. The molecule has 5 heteroatoms. The Kier molecular flexibility index (Phi) is 2.45. The van der Waals surface area contributed by atoms with Crippen molar-refractivity contribution in [1.82, 2.24) is 19.6 Å². The number of hydrogen-bond acceptors (Lipinski definition) is 3. The van der Waals surface area contributed by atoms with E-state index < -0.39 is 0 Å². The van der Waals surface area contributed by atoms with Crippen LogP contribution < -0.4 is 5.73 Å². The molecule has 0 radical (unpaired) electrons. The summed E-state index contributed by atoms with van der Waals surface area (Å²) in [6, 6.07) is 1.79. The molecule has 5 nitrogen and oxygen atoms in total. The zero-order chi connectivity index (χ0) is 10.8. The third-order valence-electron chi connectivity index (χ3n) is 2.40. The van der Waals surface area contributed by atoms with Gasteiger partial charge in [-0.25, -0.2) is 4.68 Å². The van der Waals surface area contributed by atoms with Crippen LogP contribution in [0, 0.1) is 0 Å².